The van der Waals surface area contributed by atoms with Crippen LogP contribution in [-0.2, 0) is 6.54 Å². The zero-order valence-electron chi connectivity index (χ0n) is 11.6. The van der Waals surface area contributed by atoms with Gasteiger partial charge in [-0.1, -0.05) is 6.07 Å². The van der Waals surface area contributed by atoms with Gasteiger partial charge in [0.2, 0.25) is 0 Å². The quantitative estimate of drug-likeness (QED) is 0.907. The van der Waals surface area contributed by atoms with E-state index in [9.17, 15) is 14.0 Å². The minimum Gasteiger partial charge on any atom is -0.478 e. The van der Waals surface area contributed by atoms with Gasteiger partial charge in [-0.15, -0.1) is 0 Å². The largest absolute Gasteiger partial charge is 0.478 e. The molecule has 1 aromatic heterocycles. The number of carbonyl (C=O) groups excluding carboxylic acids is 1. The van der Waals surface area contributed by atoms with E-state index in [0.29, 0.717) is 11.3 Å². The second-order valence-electron chi connectivity index (χ2n) is 4.63. The summed E-state index contributed by atoms with van der Waals surface area (Å²) in [6.07, 6.45) is 0. The van der Waals surface area contributed by atoms with Crippen molar-refractivity contribution in [2.45, 2.75) is 20.4 Å². The lowest BCUT2D eigenvalue weighted by Gasteiger charge is -2.04. The van der Waals surface area contributed by atoms with Crippen LogP contribution in [0.2, 0.25) is 0 Å². The minimum atomic E-state index is -1.09. The lowest BCUT2D eigenvalue weighted by molar-refractivity contribution is 0.0694. The summed E-state index contributed by atoms with van der Waals surface area (Å²) in [6, 6.07) is 5.54. The highest BCUT2D eigenvalue weighted by Gasteiger charge is 2.14. The molecule has 5 nitrogen and oxygen atoms in total. The van der Waals surface area contributed by atoms with Crippen LogP contribution in [0.25, 0.3) is 0 Å². The molecule has 2 N–H and O–H groups in total. The third-order valence-corrected chi connectivity index (χ3v) is 3.06. The standard InChI is InChI=1S/C15H14FNO4/c1-8-3-4-10(5-13(8)16)14(18)17-7-11-6-12(15(19)20)9(2)21-11/h3-6H,7H2,1-2H3,(H,17,18)(H,19,20). The van der Waals surface area contributed by atoms with Crippen molar-refractivity contribution < 1.29 is 23.5 Å². The summed E-state index contributed by atoms with van der Waals surface area (Å²) < 4.78 is 18.6. The summed E-state index contributed by atoms with van der Waals surface area (Å²) in [5, 5.41) is 11.5. The zero-order valence-corrected chi connectivity index (χ0v) is 11.6. The molecule has 0 bridgehead atoms. The van der Waals surface area contributed by atoms with E-state index in [-0.39, 0.29) is 23.4 Å². The molecule has 1 aromatic carbocycles. The van der Waals surface area contributed by atoms with E-state index in [1.54, 1.807) is 6.92 Å². The second-order valence-corrected chi connectivity index (χ2v) is 4.63. The maximum Gasteiger partial charge on any atom is 0.339 e. The number of carbonyl (C=O) groups is 2. The molecule has 6 heteroatoms. The molecule has 1 heterocycles. The molecule has 21 heavy (non-hydrogen) atoms. The van der Waals surface area contributed by atoms with E-state index < -0.39 is 17.7 Å². The van der Waals surface area contributed by atoms with Gasteiger partial charge >= 0.3 is 5.97 Å². The predicted molar refractivity (Wildman–Crippen MR) is 72.7 cm³/mol. The minimum absolute atomic E-state index is 0.0302. The lowest BCUT2D eigenvalue weighted by atomic mass is 10.1. The van der Waals surface area contributed by atoms with Gasteiger partial charge in [0.25, 0.3) is 5.91 Å². The molecular formula is C15H14FNO4. The van der Waals surface area contributed by atoms with Crippen molar-refractivity contribution in [2.24, 2.45) is 0 Å². The van der Waals surface area contributed by atoms with Crippen LogP contribution in [0, 0.1) is 19.7 Å². The molecule has 2 rings (SSSR count). The van der Waals surface area contributed by atoms with Crippen LogP contribution in [0.3, 0.4) is 0 Å². The van der Waals surface area contributed by atoms with Crippen molar-refractivity contribution in [3.63, 3.8) is 0 Å². The van der Waals surface area contributed by atoms with Crippen molar-refractivity contribution >= 4 is 11.9 Å². The molecule has 0 aliphatic rings. The van der Waals surface area contributed by atoms with Crippen molar-refractivity contribution in [3.05, 3.63) is 58.3 Å². The van der Waals surface area contributed by atoms with E-state index >= 15 is 0 Å². The normalized spacial score (nSPS) is 10.4. The van der Waals surface area contributed by atoms with Gasteiger partial charge in [0.05, 0.1) is 6.54 Å². The fourth-order valence-corrected chi connectivity index (χ4v) is 1.85. The highest BCUT2D eigenvalue weighted by atomic mass is 19.1. The van der Waals surface area contributed by atoms with Crippen LogP contribution in [0.15, 0.2) is 28.7 Å². The van der Waals surface area contributed by atoms with Crippen molar-refractivity contribution in [2.75, 3.05) is 0 Å². The Labute approximate surface area is 120 Å². The Morgan fingerprint density at radius 2 is 2.00 bits per heavy atom. The highest BCUT2D eigenvalue weighted by Crippen LogP contribution is 2.15. The SMILES string of the molecule is Cc1ccc(C(=O)NCc2cc(C(=O)O)c(C)o2)cc1F. The number of hydrogen-bond donors (Lipinski definition) is 2. The van der Waals surface area contributed by atoms with E-state index in [2.05, 4.69) is 5.32 Å². The molecule has 0 spiro atoms. The smallest absolute Gasteiger partial charge is 0.339 e. The van der Waals surface area contributed by atoms with Crippen LogP contribution in [0.4, 0.5) is 4.39 Å². The molecule has 0 aliphatic heterocycles. The highest BCUT2D eigenvalue weighted by molar-refractivity contribution is 5.94. The number of aromatic carboxylic acids is 1. The van der Waals surface area contributed by atoms with Crippen LogP contribution in [0.5, 0.6) is 0 Å². The Bertz CT molecular complexity index is 706. The Morgan fingerprint density at radius 3 is 2.57 bits per heavy atom. The van der Waals surface area contributed by atoms with Crippen molar-refractivity contribution in [1.29, 1.82) is 0 Å². The van der Waals surface area contributed by atoms with E-state index in [0.717, 1.165) is 6.07 Å². The summed E-state index contributed by atoms with van der Waals surface area (Å²) in [6.45, 7) is 3.17. The summed E-state index contributed by atoms with van der Waals surface area (Å²) in [5.74, 6) is -1.40. The van der Waals surface area contributed by atoms with Gasteiger partial charge in [0.1, 0.15) is 22.9 Å². The predicted octanol–water partition coefficient (Wildman–Crippen LogP) is 2.66. The Morgan fingerprint density at radius 1 is 1.29 bits per heavy atom. The molecule has 0 aliphatic carbocycles. The molecule has 0 atom stereocenters. The average Bonchev–Trinajstić information content (AvgIpc) is 2.80. The van der Waals surface area contributed by atoms with Crippen LogP contribution in [0.1, 0.15) is 37.8 Å². The molecular weight excluding hydrogens is 277 g/mol. The second kappa shape index (κ2) is 5.78. The first-order chi connectivity index (χ1) is 9.88. The zero-order chi connectivity index (χ0) is 15.6. The molecule has 0 radical (unpaired) electrons. The third kappa shape index (κ3) is 3.28. The van der Waals surface area contributed by atoms with Gasteiger partial charge in [0.15, 0.2) is 0 Å². The first-order valence-corrected chi connectivity index (χ1v) is 6.25. The molecule has 0 saturated carbocycles. The maximum atomic E-state index is 13.4. The number of nitrogens with one attached hydrogen (secondary N) is 1. The topological polar surface area (TPSA) is 79.5 Å². The molecule has 0 saturated heterocycles. The average molecular weight is 291 g/mol. The Hall–Kier alpha value is -2.63. The van der Waals surface area contributed by atoms with Crippen molar-refractivity contribution in [3.8, 4) is 0 Å². The molecule has 0 unspecified atom stereocenters. The fraction of sp³-hybridized carbons (Fsp3) is 0.200. The van der Waals surface area contributed by atoms with Gasteiger partial charge < -0.3 is 14.8 Å². The summed E-state index contributed by atoms with van der Waals surface area (Å²) in [5.41, 5.74) is 0.708. The number of halogens is 1. The molecule has 1 amide bonds. The van der Waals surface area contributed by atoms with E-state index in [4.69, 9.17) is 9.52 Å². The Kier molecular flexibility index (Phi) is 4.07. The summed E-state index contributed by atoms with van der Waals surface area (Å²) in [4.78, 5) is 22.7. The molecule has 2 aromatic rings. The number of amides is 1. The maximum absolute atomic E-state index is 13.4. The molecule has 0 fully saturated rings. The number of aryl methyl sites for hydroxylation is 2. The first-order valence-electron chi connectivity index (χ1n) is 6.25. The van der Waals surface area contributed by atoms with Gasteiger partial charge in [-0.25, -0.2) is 9.18 Å². The monoisotopic (exact) mass is 291 g/mol. The van der Waals surface area contributed by atoms with Gasteiger partial charge in [-0.3, -0.25) is 4.79 Å². The lowest BCUT2D eigenvalue weighted by Crippen LogP contribution is -2.22. The Balaban J connectivity index is 2.05. The number of hydrogen-bond acceptors (Lipinski definition) is 3. The van der Waals surface area contributed by atoms with Gasteiger partial charge in [-0.2, -0.15) is 0 Å². The number of benzene rings is 1. The van der Waals surface area contributed by atoms with Crippen LogP contribution >= 0.6 is 0 Å². The van der Waals surface area contributed by atoms with Crippen LogP contribution < -0.4 is 5.32 Å². The van der Waals surface area contributed by atoms with Crippen molar-refractivity contribution in [1.82, 2.24) is 5.32 Å². The van der Waals surface area contributed by atoms with Gasteiger partial charge in [0, 0.05) is 5.56 Å². The molecule has 110 valence electrons. The number of furan rings is 1. The summed E-state index contributed by atoms with van der Waals surface area (Å²) >= 11 is 0. The number of rotatable bonds is 4. The first kappa shape index (κ1) is 14.8. The van der Waals surface area contributed by atoms with Gasteiger partial charge in [-0.05, 0) is 37.6 Å². The van der Waals surface area contributed by atoms with E-state index in [1.165, 1.54) is 25.1 Å². The fourth-order valence-electron chi connectivity index (χ4n) is 1.85. The summed E-state index contributed by atoms with van der Waals surface area (Å²) in [7, 11) is 0. The third-order valence-electron chi connectivity index (χ3n) is 3.06. The van der Waals surface area contributed by atoms with Crippen LogP contribution in [-0.4, -0.2) is 17.0 Å². The van der Waals surface area contributed by atoms with E-state index in [1.807, 2.05) is 0 Å². The number of carboxylic acids is 1. The number of carboxylic acid groups (broad SMARTS) is 1.